The predicted molar refractivity (Wildman–Crippen MR) is 131 cm³/mol. The van der Waals surface area contributed by atoms with E-state index >= 15 is 0 Å². The molecular weight excluding hydrogens is 454 g/mol. The Bertz CT molecular complexity index is 984. The minimum Gasteiger partial charge on any atom is -0.493 e. The van der Waals surface area contributed by atoms with Crippen LogP contribution in [-0.2, 0) is 9.53 Å². The molecule has 0 bridgehead atoms. The van der Waals surface area contributed by atoms with Gasteiger partial charge in [0.2, 0.25) is 5.91 Å². The molecule has 2 saturated heterocycles. The highest BCUT2D eigenvalue weighted by Crippen LogP contribution is 2.42. The normalized spacial score (nSPS) is 20.7. The summed E-state index contributed by atoms with van der Waals surface area (Å²) in [6, 6.07) is 14.3. The highest BCUT2D eigenvalue weighted by atomic mass is 32.2. The Morgan fingerprint density at radius 2 is 1.79 bits per heavy atom. The van der Waals surface area contributed by atoms with Gasteiger partial charge in [-0.05, 0) is 23.8 Å². The number of morpholine rings is 1. The molecule has 0 aliphatic carbocycles. The smallest absolute Gasteiger partial charge is 0.255 e. The standard InChI is InChI=1S/C25H31N3O5S/c1-31-21-9-8-19(16-22(21)32-2)24(30)28-20(17-34-25(28)18-6-4-3-5-7-18)23(29)26-10-11-27-12-14-33-15-13-27/h3-9,16,20,25H,10-15,17H2,1-2H3,(H,26,29)/t20-,25+/m1/s1. The van der Waals surface area contributed by atoms with Gasteiger partial charge in [-0.15, -0.1) is 11.8 Å². The predicted octanol–water partition coefficient (Wildman–Crippen LogP) is 2.41. The maximum Gasteiger partial charge on any atom is 0.255 e. The molecule has 8 nitrogen and oxygen atoms in total. The number of carbonyl (C=O) groups excluding carboxylic acids is 2. The largest absolute Gasteiger partial charge is 0.493 e. The Hall–Kier alpha value is -2.75. The molecule has 2 aliphatic rings. The van der Waals surface area contributed by atoms with E-state index in [1.807, 2.05) is 30.3 Å². The van der Waals surface area contributed by atoms with Gasteiger partial charge in [-0.2, -0.15) is 0 Å². The lowest BCUT2D eigenvalue weighted by atomic mass is 10.1. The van der Waals surface area contributed by atoms with E-state index in [-0.39, 0.29) is 17.2 Å². The SMILES string of the molecule is COc1ccc(C(=O)N2[C@@H](C(=O)NCCN3CCOCC3)CS[C@H]2c2ccccc2)cc1OC. The van der Waals surface area contributed by atoms with Gasteiger partial charge in [-0.3, -0.25) is 14.5 Å². The quantitative estimate of drug-likeness (QED) is 0.615. The molecule has 0 unspecified atom stereocenters. The molecule has 2 heterocycles. The van der Waals surface area contributed by atoms with Crippen LogP contribution in [0.3, 0.4) is 0 Å². The average molecular weight is 486 g/mol. The molecule has 0 aromatic heterocycles. The third-order valence-corrected chi connectivity index (χ3v) is 7.41. The molecule has 9 heteroatoms. The number of methoxy groups -OCH3 is 2. The Morgan fingerprint density at radius 1 is 1.06 bits per heavy atom. The van der Waals surface area contributed by atoms with Crippen molar-refractivity contribution >= 4 is 23.6 Å². The monoisotopic (exact) mass is 485 g/mol. The lowest BCUT2D eigenvalue weighted by Gasteiger charge is -2.30. The second-order valence-electron chi connectivity index (χ2n) is 8.14. The van der Waals surface area contributed by atoms with E-state index in [0.717, 1.165) is 38.4 Å². The lowest BCUT2D eigenvalue weighted by molar-refractivity contribution is -0.124. The Balaban J connectivity index is 1.53. The average Bonchev–Trinajstić information content (AvgIpc) is 3.34. The second kappa shape index (κ2) is 11.6. The topological polar surface area (TPSA) is 80.3 Å². The number of ether oxygens (including phenoxy) is 3. The molecule has 2 fully saturated rings. The molecule has 2 atom stereocenters. The van der Waals surface area contributed by atoms with Crippen LogP contribution in [0.4, 0.5) is 0 Å². The molecular formula is C25H31N3O5S. The molecule has 2 aromatic carbocycles. The van der Waals surface area contributed by atoms with E-state index in [1.54, 1.807) is 42.0 Å². The molecule has 1 N–H and O–H groups in total. The van der Waals surface area contributed by atoms with E-state index in [4.69, 9.17) is 14.2 Å². The van der Waals surface area contributed by atoms with Crippen molar-refractivity contribution in [2.24, 2.45) is 0 Å². The summed E-state index contributed by atoms with van der Waals surface area (Å²) in [6.45, 7) is 4.48. The second-order valence-corrected chi connectivity index (χ2v) is 9.25. The summed E-state index contributed by atoms with van der Waals surface area (Å²) in [7, 11) is 3.09. The highest BCUT2D eigenvalue weighted by Gasteiger charge is 2.42. The van der Waals surface area contributed by atoms with Gasteiger partial charge in [-0.1, -0.05) is 30.3 Å². The Kier molecular flexibility index (Phi) is 8.31. The summed E-state index contributed by atoms with van der Waals surface area (Å²) < 4.78 is 16.1. The zero-order valence-electron chi connectivity index (χ0n) is 19.6. The van der Waals surface area contributed by atoms with Crippen molar-refractivity contribution in [2.75, 3.05) is 59.4 Å². The number of rotatable bonds is 8. The molecule has 4 rings (SSSR count). The highest BCUT2D eigenvalue weighted by molar-refractivity contribution is 7.99. The van der Waals surface area contributed by atoms with E-state index in [1.165, 1.54) is 7.11 Å². The maximum absolute atomic E-state index is 13.7. The van der Waals surface area contributed by atoms with Crippen molar-refractivity contribution in [2.45, 2.75) is 11.4 Å². The van der Waals surface area contributed by atoms with Gasteiger partial charge in [0.05, 0.1) is 27.4 Å². The number of hydrogen-bond donors (Lipinski definition) is 1. The van der Waals surface area contributed by atoms with Crippen molar-refractivity contribution in [1.82, 2.24) is 15.1 Å². The summed E-state index contributed by atoms with van der Waals surface area (Å²) in [4.78, 5) is 30.9. The number of amides is 2. The van der Waals surface area contributed by atoms with Crippen LogP contribution in [0, 0.1) is 0 Å². The van der Waals surface area contributed by atoms with Crippen molar-refractivity contribution in [3.8, 4) is 11.5 Å². The Morgan fingerprint density at radius 3 is 2.50 bits per heavy atom. The number of benzene rings is 2. The van der Waals surface area contributed by atoms with Gasteiger partial charge in [0.15, 0.2) is 11.5 Å². The number of nitrogens with one attached hydrogen (secondary N) is 1. The number of hydrogen-bond acceptors (Lipinski definition) is 7. The molecule has 2 aliphatic heterocycles. The summed E-state index contributed by atoms with van der Waals surface area (Å²) in [5.74, 6) is 1.21. The van der Waals surface area contributed by atoms with E-state index in [2.05, 4.69) is 10.2 Å². The van der Waals surface area contributed by atoms with Gasteiger partial charge in [-0.25, -0.2) is 0 Å². The minimum absolute atomic E-state index is 0.131. The first kappa shape index (κ1) is 24.4. The summed E-state index contributed by atoms with van der Waals surface area (Å²) >= 11 is 1.60. The number of thioether (sulfide) groups is 1. The van der Waals surface area contributed by atoms with Crippen LogP contribution in [0.15, 0.2) is 48.5 Å². The molecule has 2 aromatic rings. The van der Waals surface area contributed by atoms with Crippen molar-refractivity contribution in [3.63, 3.8) is 0 Å². The van der Waals surface area contributed by atoms with Crippen molar-refractivity contribution in [3.05, 3.63) is 59.7 Å². The molecule has 2 amide bonds. The first-order valence-corrected chi connectivity index (χ1v) is 12.5. The van der Waals surface area contributed by atoms with Crippen molar-refractivity contribution < 1.29 is 23.8 Å². The summed E-state index contributed by atoms with van der Waals surface area (Å²) in [5, 5.41) is 2.79. The molecule has 0 radical (unpaired) electrons. The van der Waals surface area contributed by atoms with Crippen LogP contribution in [0.1, 0.15) is 21.3 Å². The van der Waals surface area contributed by atoms with Crippen molar-refractivity contribution in [1.29, 1.82) is 0 Å². The van der Waals surface area contributed by atoms with E-state index in [9.17, 15) is 9.59 Å². The first-order valence-electron chi connectivity index (χ1n) is 11.4. The summed E-state index contributed by atoms with van der Waals surface area (Å²) in [5.41, 5.74) is 1.44. The first-order chi connectivity index (χ1) is 16.6. The van der Waals surface area contributed by atoms with Gasteiger partial charge in [0.1, 0.15) is 11.4 Å². The number of nitrogens with zero attached hydrogens (tertiary/aromatic N) is 2. The zero-order valence-corrected chi connectivity index (χ0v) is 20.4. The third kappa shape index (κ3) is 5.48. The molecule has 0 spiro atoms. The minimum atomic E-state index is -0.569. The summed E-state index contributed by atoms with van der Waals surface area (Å²) in [6.07, 6.45) is 0. The van der Waals surface area contributed by atoms with E-state index < -0.39 is 6.04 Å². The van der Waals surface area contributed by atoms with Gasteiger partial charge >= 0.3 is 0 Å². The van der Waals surface area contributed by atoms with Gasteiger partial charge in [0.25, 0.3) is 5.91 Å². The molecule has 34 heavy (non-hydrogen) atoms. The lowest BCUT2D eigenvalue weighted by Crippen LogP contribution is -2.49. The maximum atomic E-state index is 13.7. The van der Waals surface area contributed by atoms with Gasteiger partial charge < -0.3 is 24.4 Å². The fourth-order valence-electron chi connectivity index (χ4n) is 4.23. The molecule has 0 saturated carbocycles. The van der Waals surface area contributed by atoms with Crippen LogP contribution in [0.25, 0.3) is 0 Å². The van der Waals surface area contributed by atoms with Crippen LogP contribution in [-0.4, -0.2) is 87.0 Å². The fourth-order valence-corrected chi connectivity index (χ4v) is 5.66. The van der Waals surface area contributed by atoms with Crippen LogP contribution in [0.2, 0.25) is 0 Å². The van der Waals surface area contributed by atoms with E-state index in [0.29, 0.717) is 29.4 Å². The zero-order chi connectivity index (χ0) is 23.9. The number of carbonyl (C=O) groups is 2. The molecule has 182 valence electrons. The van der Waals surface area contributed by atoms with Crippen LogP contribution in [0.5, 0.6) is 11.5 Å². The fraction of sp³-hybridized carbons (Fsp3) is 0.440. The van der Waals surface area contributed by atoms with Crippen LogP contribution < -0.4 is 14.8 Å². The van der Waals surface area contributed by atoms with Crippen LogP contribution >= 0.6 is 11.8 Å². The van der Waals surface area contributed by atoms with Gasteiger partial charge in [0, 0.05) is 37.5 Å². The Labute approximate surface area is 204 Å². The third-order valence-electron chi connectivity index (χ3n) is 6.08.